The molecular weight excluding hydrogens is 1000 g/mol. The molecule has 2 aliphatic rings. The van der Waals surface area contributed by atoms with Crippen LogP contribution in [0, 0.1) is 17.9 Å². The second-order valence-electron chi connectivity index (χ2n) is 21.5. The van der Waals surface area contributed by atoms with Crippen molar-refractivity contribution in [1.29, 1.82) is 5.26 Å². The minimum atomic E-state index is -1.04. The van der Waals surface area contributed by atoms with Crippen LogP contribution in [0.4, 0.5) is 5.69 Å². The zero-order chi connectivity index (χ0) is 53.9. The summed E-state index contributed by atoms with van der Waals surface area (Å²) in [6.07, 6.45) is 4.02. The molecule has 18 rings (SSSR count). The van der Waals surface area contributed by atoms with Crippen LogP contribution in [0.15, 0.2) is 243 Å². The molecule has 6 aromatic heterocycles. The van der Waals surface area contributed by atoms with Gasteiger partial charge in [-0.2, -0.15) is 5.26 Å². The third kappa shape index (κ3) is 5.77. The largest absolute Gasteiger partial charge is 0.457 e. The summed E-state index contributed by atoms with van der Waals surface area (Å²) >= 11 is 0. The van der Waals surface area contributed by atoms with Crippen molar-refractivity contribution >= 4 is 92.9 Å². The van der Waals surface area contributed by atoms with E-state index in [1.807, 2.05) is 36.7 Å². The molecule has 1 aliphatic heterocycles. The van der Waals surface area contributed by atoms with E-state index in [4.69, 9.17) is 21.3 Å². The zero-order valence-electron chi connectivity index (χ0n) is 43.6. The highest BCUT2D eigenvalue weighted by Crippen LogP contribution is 2.63. The summed E-state index contributed by atoms with van der Waals surface area (Å²) in [5.41, 5.74) is 17.7. The first kappa shape index (κ1) is 44.5. The van der Waals surface area contributed by atoms with Gasteiger partial charge in [0.1, 0.15) is 11.5 Å². The molecule has 10 aromatic carbocycles. The van der Waals surface area contributed by atoms with Gasteiger partial charge >= 0.3 is 0 Å². The molecule has 0 saturated carbocycles. The summed E-state index contributed by atoms with van der Waals surface area (Å²) in [4.78, 5) is 14.9. The Morgan fingerprint density at radius 1 is 0.366 bits per heavy atom. The van der Waals surface area contributed by atoms with Crippen LogP contribution in [0.1, 0.15) is 27.8 Å². The van der Waals surface area contributed by atoms with Gasteiger partial charge < -0.3 is 23.0 Å². The van der Waals surface area contributed by atoms with E-state index in [0.29, 0.717) is 22.7 Å². The molecule has 0 fully saturated rings. The molecule has 0 bridgehead atoms. The SMILES string of the molecule is [C-]#[N+]c1ccc2c(c1)c1ccccc1n2-c1ccc2c(c1)Oc1cc(-n3c4ccccc4c4cc(C#N)ccc43)ccc1C21c2cc(-n3c4ccccc4c4ccccc43)cnc2-c2ncc(-n3c4ccccc4c4ccccc43)cc21. The smallest absolute Gasteiger partial charge is 0.188 e. The average Bonchev–Trinajstić information content (AvgIpc) is 4.01. The van der Waals surface area contributed by atoms with Crippen LogP contribution in [0.25, 0.3) is 126 Å². The van der Waals surface area contributed by atoms with Crippen LogP contribution in [-0.4, -0.2) is 28.2 Å². The number of fused-ring (bicyclic) bond motifs is 21. The van der Waals surface area contributed by atoms with E-state index < -0.39 is 5.41 Å². The summed E-state index contributed by atoms with van der Waals surface area (Å²) in [6.45, 7) is 7.93. The molecule has 1 aliphatic carbocycles. The lowest BCUT2D eigenvalue weighted by Crippen LogP contribution is -2.32. The van der Waals surface area contributed by atoms with E-state index in [1.54, 1.807) is 0 Å². The van der Waals surface area contributed by atoms with Crippen molar-refractivity contribution in [2.24, 2.45) is 0 Å². The van der Waals surface area contributed by atoms with Gasteiger partial charge in [-0.1, -0.05) is 127 Å². The standard InChI is InChI=1S/C73H40N8O/c1-75-44-27-33-68-56(35-44)54-19-7-13-25-66(54)79(68)46-29-31-58-70(39-46)82-69-38-45(78-65-24-12-6-18-53(65)55-34-43(40-74)26-32-67(55)78)28-30-57(69)73(58)59-36-47(80-61-20-8-2-14-49(61)50-15-3-9-21-62(50)80)41-76-71(59)72-60(73)37-48(42-77-72)81-63-22-10-4-16-51(63)52-17-5-11-23-64(52)81/h2-39,41-42H. The average molecular weight is 1050 g/mol. The number of para-hydroxylation sites is 6. The van der Waals surface area contributed by atoms with E-state index in [-0.39, 0.29) is 0 Å². The number of ether oxygens (including phenoxy) is 1. The van der Waals surface area contributed by atoms with Crippen LogP contribution in [0.5, 0.6) is 11.5 Å². The van der Waals surface area contributed by atoms with Gasteiger partial charge in [0.25, 0.3) is 0 Å². The lowest BCUT2D eigenvalue weighted by molar-refractivity contribution is 0.436. The fraction of sp³-hybridized carbons (Fsp3) is 0.0137. The number of nitrogens with zero attached hydrogens (tertiary/aromatic N) is 8. The number of nitriles is 1. The fourth-order valence-electron chi connectivity index (χ4n) is 14.2. The normalized spacial score (nSPS) is 13.0. The molecule has 82 heavy (non-hydrogen) atoms. The highest BCUT2D eigenvalue weighted by molar-refractivity contribution is 6.13. The Balaban J connectivity index is 0.967. The summed E-state index contributed by atoms with van der Waals surface area (Å²) < 4.78 is 16.8. The molecular formula is C73H40N8O. The molecule has 0 atom stereocenters. The molecule has 7 heterocycles. The maximum absolute atomic E-state index is 10.1. The van der Waals surface area contributed by atoms with Gasteiger partial charge in [-0.05, 0) is 96.4 Å². The van der Waals surface area contributed by atoms with Gasteiger partial charge in [0.2, 0.25) is 0 Å². The van der Waals surface area contributed by atoms with E-state index >= 15 is 0 Å². The second-order valence-corrected chi connectivity index (χ2v) is 21.5. The summed E-state index contributed by atoms with van der Waals surface area (Å²) in [5.74, 6) is 1.38. The first-order valence-electron chi connectivity index (χ1n) is 27.4. The van der Waals surface area contributed by atoms with E-state index in [1.165, 1.54) is 21.5 Å². The predicted octanol–water partition coefficient (Wildman–Crippen LogP) is 17.8. The third-order valence-electron chi connectivity index (χ3n) is 17.5. The second kappa shape index (κ2) is 16.3. The highest BCUT2D eigenvalue weighted by atomic mass is 16.5. The molecule has 0 radical (unpaired) electrons. The Labute approximate surface area is 468 Å². The van der Waals surface area contributed by atoms with Gasteiger partial charge in [-0.15, -0.1) is 0 Å². The maximum Gasteiger partial charge on any atom is 0.188 e. The van der Waals surface area contributed by atoms with Crippen molar-refractivity contribution in [2.75, 3.05) is 0 Å². The Morgan fingerprint density at radius 2 is 0.732 bits per heavy atom. The van der Waals surface area contributed by atoms with Crippen molar-refractivity contribution in [2.45, 2.75) is 5.41 Å². The fourth-order valence-corrected chi connectivity index (χ4v) is 14.2. The number of benzene rings is 10. The van der Waals surface area contributed by atoms with Crippen LogP contribution < -0.4 is 4.74 Å². The van der Waals surface area contributed by atoms with Gasteiger partial charge in [0, 0.05) is 83.5 Å². The zero-order valence-corrected chi connectivity index (χ0v) is 43.6. The van der Waals surface area contributed by atoms with Crippen LogP contribution in [-0.2, 0) is 5.41 Å². The van der Waals surface area contributed by atoms with Crippen molar-refractivity contribution in [3.63, 3.8) is 0 Å². The number of rotatable bonds is 4. The predicted molar refractivity (Wildman–Crippen MR) is 328 cm³/mol. The van der Waals surface area contributed by atoms with Crippen molar-refractivity contribution in [3.05, 3.63) is 282 Å². The van der Waals surface area contributed by atoms with Gasteiger partial charge in [-0.3, -0.25) is 9.97 Å². The summed E-state index contributed by atoms with van der Waals surface area (Å²) in [5, 5.41) is 18.9. The van der Waals surface area contributed by atoms with Crippen molar-refractivity contribution in [3.8, 4) is 51.7 Å². The minimum absolute atomic E-state index is 0.591. The Bertz CT molecular complexity index is 5170. The van der Waals surface area contributed by atoms with Crippen LogP contribution in [0.2, 0.25) is 0 Å². The molecule has 0 unspecified atom stereocenters. The molecule has 9 heteroatoms. The van der Waals surface area contributed by atoms with Crippen molar-refractivity contribution < 1.29 is 4.74 Å². The first-order chi connectivity index (χ1) is 40.6. The number of pyridine rings is 2. The molecule has 378 valence electrons. The molecule has 0 N–H and O–H groups in total. The first-order valence-corrected chi connectivity index (χ1v) is 27.4. The molecule has 9 nitrogen and oxygen atoms in total. The van der Waals surface area contributed by atoms with Gasteiger partial charge in [0.05, 0.1) is 103 Å². The molecule has 0 saturated heterocycles. The number of hydrogen-bond donors (Lipinski definition) is 0. The monoisotopic (exact) mass is 1040 g/mol. The topological polar surface area (TPSA) is 82.9 Å². The molecule has 0 amide bonds. The van der Waals surface area contributed by atoms with E-state index in [9.17, 15) is 5.26 Å². The quantitative estimate of drug-likeness (QED) is 0.164. The minimum Gasteiger partial charge on any atom is -0.457 e. The van der Waals surface area contributed by atoms with Crippen LogP contribution in [0.3, 0.4) is 0 Å². The van der Waals surface area contributed by atoms with Crippen molar-refractivity contribution in [1.82, 2.24) is 28.2 Å². The number of hydrogen-bond acceptors (Lipinski definition) is 4. The van der Waals surface area contributed by atoms with Crippen LogP contribution >= 0.6 is 0 Å². The lowest BCUT2D eigenvalue weighted by Gasteiger charge is -2.39. The Hall–Kier alpha value is -11.5. The molecule has 16 aromatic rings. The maximum atomic E-state index is 10.1. The molecule has 1 spiro atoms. The Morgan fingerprint density at radius 3 is 1.15 bits per heavy atom. The highest BCUT2D eigenvalue weighted by Gasteiger charge is 2.53. The number of aromatic nitrogens is 6. The van der Waals surface area contributed by atoms with E-state index in [2.05, 4.69) is 235 Å². The summed E-state index contributed by atoms with van der Waals surface area (Å²) in [7, 11) is 0. The third-order valence-corrected chi connectivity index (χ3v) is 17.5. The van der Waals surface area contributed by atoms with E-state index in [0.717, 1.165) is 122 Å². The Kier molecular flexibility index (Phi) is 8.83. The van der Waals surface area contributed by atoms with Gasteiger partial charge in [0.15, 0.2) is 5.69 Å². The van der Waals surface area contributed by atoms with Gasteiger partial charge in [-0.25, -0.2) is 4.85 Å². The summed E-state index contributed by atoms with van der Waals surface area (Å²) in [6, 6.07) is 83.6. The lowest BCUT2D eigenvalue weighted by atomic mass is 9.66.